The van der Waals surface area contributed by atoms with Crippen molar-refractivity contribution in [3.63, 3.8) is 0 Å². The highest BCUT2D eigenvalue weighted by Gasteiger charge is 2.13. The predicted octanol–water partition coefficient (Wildman–Crippen LogP) is 2.35. The lowest BCUT2D eigenvalue weighted by atomic mass is 10.1. The highest BCUT2D eigenvalue weighted by Crippen LogP contribution is 2.18. The molecule has 0 amide bonds. The van der Waals surface area contributed by atoms with E-state index in [0.29, 0.717) is 0 Å². The number of piperazine rings is 1. The summed E-state index contributed by atoms with van der Waals surface area (Å²) < 4.78 is 0. The summed E-state index contributed by atoms with van der Waals surface area (Å²) in [7, 11) is 2.21. The summed E-state index contributed by atoms with van der Waals surface area (Å²) in [5.41, 5.74) is 2.74. The van der Waals surface area contributed by atoms with Crippen LogP contribution < -0.4 is 0 Å². The van der Waals surface area contributed by atoms with Crippen LogP contribution in [0.3, 0.4) is 0 Å². The Labute approximate surface area is 115 Å². The quantitative estimate of drug-likeness (QED) is 0.908. The maximum atomic E-state index is 3.29. The molecule has 0 saturated carbocycles. The molecule has 19 heavy (non-hydrogen) atoms. The standard InChI is InChI=1S/C16H23N3/c1-18-10-12-19(13-11-18)9-3-5-14-4-2-6-16-15(14)7-8-17-16/h2,4,6-8,17H,3,5,9-13H2,1H3. The second-order valence-corrected chi connectivity index (χ2v) is 5.60. The number of hydrogen-bond acceptors (Lipinski definition) is 2. The third kappa shape index (κ3) is 2.99. The lowest BCUT2D eigenvalue weighted by Crippen LogP contribution is -2.44. The fraction of sp³-hybridized carbons (Fsp3) is 0.500. The second kappa shape index (κ2) is 5.76. The van der Waals surface area contributed by atoms with E-state index in [2.05, 4.69) is 46.1 Å². The topological polar surface area (TPSA) is 22.3 Å². The summed E-state index contributed by atoms with van der Waals surface area (Å²) in [6.45, 7) is 6.12. The SMILES string of the molecule is CN1CCN(CCCc2cccc3[nH]ccc23)CC1. The smallest absolute Gasteiger partial charge is 0.0456 e. The van der Waals surface area contributed by atoms with Crippen LogP contribution in [0.5, 0.6) is 0 Å². The molecule has 0 radical (unpaired) electrons. The van der Waals surface area contributed by atoms with Crippen LogP contribution in [0.25, 0.3) is 10.9 Å². The van der Waals surface area contributed by atoms with Gasteiger partial charge in [-0.05, 0) is 44.1 Å². The number of aromatic amines is 1. The lowest BCUT2D eigenvalue weighted by molar-refractivity contribution is 0.153. The van der Waals surface area contributed by atoms with Crippen LogP contribution in [0, 0.1) is 0 Å². The molecule has 1 aliphatic heterocycles. The Morgan fingerprint density at radius 2 is 1.95 bits per heavy atom. The molecule has 2 heterocycles. The normalized spacial score (nSPS) is 18.2. The Kier molecular flexibility index (Phi) is 3.85. The molecule has 0 atom stereocenters. The number of fused-ring (bicyclic) bond motifs is 1. The molecule has 1 aliphatic rings. The molecule has 0 unspecified atom stereocenters. The summed E-state index contributed by atoms with van der Waals surface area (Å²) in [5.74, 6) is 0. The average Bonchev–Trinajstić information content (AvgIpc) is 2.90. The van der Waals surface area contributed by atoms with E-state index in [1.807, 2.05) is 6.20 Å². The van der Waals surface area contributed by atoms with Gasteiger partial charge in [0.25, 0.3) is 0 Å². The van der Waals surface area contributed by atoms with E-state index >= 15 is 0 Å². The van der Waals surface area contributed by atoms with E-state index in [4.69, 9.17) is 0 Å². The van der Waals surface area contributed by atoms with Gasteiger partial charge < -0.3 is 14.8 Å². The molecule has 1 fully saturated rings. The van der Waals surface area contributed by atoms with Crippen LogP contribution in [0.2, 0.25) is 0 Å². The Hall–Kier alpha value is -1.32. The summed E-state index contributed by atoms with van der Waals surface area (Å²) in [6.07, 6.45) is 4.48. The average molecular weight is 257 g/mol. The van der Waals surface area contributed by atoms with Crippen molar-refractivity contribution in [3.8, 4) is 0 Å². The van der Waals surface area contributed by atoms with Crippen molar-refractivity contribution >= 4 is 10.9 Å². The number of likely N-dealkylation sites (N-methyl/N-ethyl adjacent to an activating group) is 1. The fourth-order valence-corrected chi connectivity index (χ4v) is 2.93. The van der Waals surface area contributed by atoms with Crippen LogP contribution >= 0.6 is 0 Å². The van der Waals surface area contributed by atoms with Gasteiger partial charge in [0.05, 0.1) is 0 Å². The number of rotatable bonds is 4. The first-order valence-corrected chi connectivity index (χ1v) is 7.29. The van der Waals surface area contributed by atoms with Crippen molar-refractivity contribution in [1.29, 1.82) is 0 Å². The van der Waals surface area contributed by atoms with E-state index in [0.717, 1.165) is 0 Å². The van der Waals surface area contributed by atoms with Gasteiger partial charge in [0, 0.05) is 43.3 Å². The molecule has 0 bridgehead atoms. The Morgan fingerprint density at radius 3 is 2.79 bits per heavy atom. The van der Waals surface area contributed by atoms with Gasteiger partial charge in [0.15, 0.2) is 0 Å². The van der Waals surface area contributed by atoms with E-state index < -0.39 is 0 Å². The van der Waals surface area contributed by atoms with Gasteiger partial charge in [-0.15, -0.1) is 0 Å². The largest absolute Gasteiger partial charge is 0.361 e. The van der Waals surface area contributed by atoms with Crippen molar-refractivity contribution in [2.24, 2.45) is 0 Å². The number of hydrogen-bond donors (Lipinski definition) is 1. The van der Waals surface area contributed by atoms with Crippen molar-refractivity contribution in [2.75, 3.05) is 39.8 Å². The summed E-state index contributed by atoms with van der Waals surface area (Å²) in [5, 5.41) is 1.39. The van der Waals surface area contributed by atoms with Gasteiger partial charge in [0.2, 0.25) is 0 Å². The fourth-order valence-electron chi connectivity index (χ4n) is 2.93. The van der Waals surface area contributed by atoms with Crippen LogP contribution in [0.4, 0.5) is 0 Å². The van der Waals surface area contributed by atoms with E-state index in [-0.39, 0.29) is 0 Å². The first-order valence-electron chi connectivity index (χ1n) is 7.29. The van der Waals surface area contributed by atoms with Crippen molar-refractivity contribution in [2.45, 2.75) is 12.8 Å². The minimum atomic E-state index is 1.18. The lowest BCUT2D eigenvalue weighted by Gasteiger charge is -2.32. The van der Waals surface area contributed by atoms with Gasteiger partial charge in [-0.25, -0.2) is 0 Å². The highest BCUT2D eigenvalue weighted by atomic mass is 15.2. The first-order chi connectivity index (χ1) is 9.33. The number of aryl methyl sites for hydroxylation is 1. The van der Waals surface area contributed by atoms with Crippen LogP contribution in [-0.2, 0) is 6.42 Å². The Bertz CT molecular complexity index is 524. The third-order valence-electron chi connectivity index (χ3n) is 4.20. The summed E-state index contributed by atoms with van der Waals surface area (Å²) in [4.78, 5) is 8.30. The predicted molar refractivity (Wildman–Crippen MR) is 80.6 cm³/mol. The molecule has 1 aromatic heterocycles. The monoisotopic (exact) mass is 257 g/mol. The number of nitrogens with one attached hydrogen (secondary N) is 1. The number of aromatic nitrogens is 1. The van der Waals surface area contributed by atoms with Crippen molar-refractivity contribution < 1.29 is 0 Å². The van der Waals surface area contributed by atoms with Gasteiger partial charge in [-0.2, -0.15) is 0 Å². The number of benzene rings is 1. The maximum absolute atomic E-state index is 3.29. The zero-order valence-corrected chi connectivity index (χ0v) is 11.7. The minimum absolute atomic E-state index is 1.18. The number of nitrogens with zero attached hydrogens (tertiary/aromatic N) is 2. The molecule has 1 aromatic carbocycles. The van der Waals surface area contributed by atoms with Crippen LogP contribution in [0.15, 0.2) is 30.5 Å². The molecule has 2 aromatic rings. The third-order valence-corrected chi connectivity index (χ3v) is 4.20. The molecule has 3 nitrogen and oxygen atoms in total. The minimum Gasteiger partial charge on any atom is -0.361 e. The highest BCUT2D eigenvalue weighted by molar-refractivity contribution is 5.82. The first kappa shape index (κ1) is 12.7. The molecule has 0 spiro atoms. The van der Waals surface area contributed by atoms with Gasteiger partial charge in [0.1, 0.15) is 0 Å². The van der Waals surface area contributed by atoms with E-state index in [9.17, 15) is 0 Å². The van der Waals surface area contributed by atoms with Gasteiger partial charge >= 0.3 is 0 Å². The Balaban J connectivity index is 1.53. The summed E-state index contributed by atoms with van der Waals surface area (Å²) >= 11 is 0. The maximum Gasteiger partial charge on any atom is 0.0456 e. The van der Waals surface area contributed by atoms with E-state index in [1.54, 1.807) is 0 Å². The van der Waals surface area contributed by atoms with Gasteiger partial charge in [-0.1, -0.05) is 12.1 Å². The van der Waals surface area contributed by atoms with E-state index in [1.165, 1.54) is 62.0 Å². The molecule has 1 saturated heterocycles. The second-order valence-electron chi connectivity index (χ2n) is 5.60. The molecule has 1 N–H and O–H groups in total. The summed E-state index contributed by atoms with van der Waals surface area (Å²) in [6, 6.07) is 8.77. The number of H-pyrrole nitrogens is 1. The molecular weight excluding hydrogens is 234 g/mol. The zero-order chi connectivity index (χ0) is 13.1. The molecule has 102 valence electrons. The molecule has 3 rings (SSSR count). The zero-order valence-electron chi connectivity index (χ0n) is 11.7. The van der Waals surface area contributed by atoms with Crippen molar-refractivity contribution in [3.05, 3.63) is 36.0 Å². The molecule has 0 aliphatic carbocycles. The Morgan fingerprint density at radius 1 is 1.11 bits per heavy atom. The van der Waals surface area contributed by atoms with Crippen molar-refractivity contribution in [1.82, 2.24) is 14.8 Å². The van der Waals surface area contributed by atoms with Crippen LogP contribution in [0.1, 0.15) is 12.0 Å². The van der Waals surface area contributed by atoms with Crippen LogP contribution in [-0.4, -0.2) is 54.6 Å². The molecule has 3 heteroatoms. The van der Waals surface area contributed by atoms with Gasteiger partial charge in [-0.3, -0.25) is 0 Å². The molecular formula is C16H23N3.